The van der Waals surface area contributed by atoms with Crippen molar-refractivity contribution in [2.24, 2.45) is 11.3 Å². The molecule has 0 fully saturated rings. The largest absolute Gasteiger partial charge is 0.478 e. The van der Waals surface area contributed by atoms with Gasteiger partial charge < -0.3 is 20.4 Å². The Morgan fingerprint density at radius 2 is 1.18 bits per heavy atom. The van der Waals surface area contributed by atoms with Crippen LogP contribution in [0.25, 0.3) is 0 Å². The second-order valence-electron chi connectivity index (χ2n) is 5.36. The van der Waals surface area contributed by atoms with Gasteiger partial charge in [-0.25, -0.2) is 9.59 Å². The van der Waals surface area contributed by atoms with Crippen LogP contribution in [0.15, 0.2) is 24.3 Å². The quantitative estimate of drug-likeness (QED) is 0.559. The molecule has 0 saturated carbocycles. The molecular formula is C16H30O6. The van der Waals surface area contributed by atoms with Crippen LogP contribution in [-0.2, 0) is 9.59 Å². The van der Waals surface area contributed by atoms with Gasteiger partial charge in [0.05, 0.1) is 13.2 Å². The summed E-state index contributed by atoms with van der Waals surface area (Å²) in [5.41, 5.74) is 0.0880. The topological polar surface area (TPSA) is 115 Å². The summed E-state index contributed by atoms with van der Waals surface area (Å²) in [5, 5.41) is 33.8. The summed E-state index contributed by atoms with van der Waals surface area (Å²) in [5.74, 6) is -1.53. The highest BCUT2D eigenvalue weighted by atomic mass is 16.4. The number of aliphatic carboxylic acids is 2. The first kappa shape index (κ1) is 25.3. The van der Waals surface area contributed by atoms with E-state index in [2.05, 4.69) is 13.2 Å². The zero-order chi connectivity index (χ0) is 18.5. The Bertz CT molecular complexity index is 311. The Kier molecular flexibility index (Phi) is 15.0. The molecule has 0 spiro atoms. The molecule has 0 aromatic heterocycles. The highest BCUT2D eigenvalue weighted by Gasteiger charge is 2.29. The van der Waals surface area contributed by atoms with E-state index in [1.165, 1.54) is 13.8 Å². The van der Waals surface area contributed by atoms with E-state index in [-0.39, 0.29) is 29.8 Å². The van der Waals surface area contributed by atoms with Gasteiger partial charge in [0.15, 0.2) is 0 Å². The van der Waals surface area contributed by atoms with Gasteiger partial charge in [-0.2, -0.15) is 0 Å². The van der Waals surface area contributed by atoms with Gasteiger partial charge in [0.25, 0.3) is 0 Å². The fourth-order valence-electron chi connectivity index (χ4n) is 1.05. The van der Waals surface area contributed by atoms with E-state index in [0.29, 0.717) is 5.92 Å². The van der Waals surface area contributed by atoms with Gasteiger partial charge in [-0.05, 0) is 26.2 Å². The lowest BCUT2D eigenvalue weighted by molar-refractivity contribution is -0.133. The molecule has 0 bridgehead atoms. The number of hydrogen-bond donors (Lipinski definition) is 4. The third-order valence-electron chi connectivity index (χ3n) is 3.29. The molecule has 0 atom stereocenters. The number of hydrogen-bond acceptors (Lipinski definition) is 4. The maximum atomic E-state index is 9.60. The summed E-state index contributed by atoms with van der Waals surface area (Å²) in [6.07, 6.45) is 0.831. The van der Waals surface area contributed by atoms with Crippen molar-refractivity contribution in [2.45, 2.75) is 41.0 Å². The molecule has 0 radical (unpaired) electrons. The Labute approximate surface area is 132 Å². The van der Waals surface area contributed by atoms with E-state index >= 15 is 0 Å². The van der Waals surface area contributed by atoms with Gasteiger partial charge in [-0.15, -0.1) is 0 Å². The minimum absolute atomic E-state index is 0.0810. The van der Waals surface area contributed by atoms with Crippen molar-refractivity contribution in [3.05, 3.63) is 24.3 Å². The number of rotatable bonds is 6. The molecule has 0 aromatic carbocycles. The van der Waals surface area contributed by atoms with Gasteiger partial charge >= 0.3 is 11.9 Å². The molecule has 0 aliphatic rings. The summed E-state index contributed by atoms with van der Waals surface area (Å²) < 4.78 is 0. The summed E-state index contributed by atoms with van der Waals surface area (Å²) in [6.45, 7) is 15.4. The highest BCUT2D eigenvalue weighted by Crippen LogP contribution is 2.29. The van der Waals surface area contributed by atoms with Crippen molar-refractivity contribution in [1.29, 1.82) is 0 Å². The average molecular weight is 318 g/mol. The van der Waals surface area contributed by atoms with Crippen LogP contribution in [0.3, 0.4) is 0 Å². The third kappa shape index (κ3) is 12.1. The minimum atomic E-state index is -0.935. The summed E-state index contributed by atoms with van der Waals surface area (Å²) in [6, 6.07) is 0. The van der Waals surface area contributed by atoms with Crippen LogP contribution in [0, 0.1) is 11.3 Å². The highest BCUT2D eigenvalue weighted by molar-refractivity contribution is 5.85. The van der Waals surface area contributed by atoms with Gasteiger partial charge in [0.2, 0.25) is 0 Å². The maximum Gasteiger partial charge on any atom is 0.330 e. The fourth-order valence-corrected chi connectivity index (χ4v) is 1.05. The SMILES string of the molecule is C=C(C)C(=O)O.C=C(C)C(=O)O.CCC(CO)(CO)C(C)C. The Morgan fingerprint density at radius 3 is 1.18 bits per heavy atom. The van der Waals surface area contributed by atoms with Crippen molar-refractivity contribution in [1.82, 2.24) is 0 Å². The maximum absolute atomic E-state index is 9.60. The van der Waals surface area contributed by atoms with Crippen LogP contribution in [0.2, 0.25) is 0 Å². The molecule has 6 heteroatoms. The van der Waals surface area contributed by atoms with Crippen LogP contribution in [0.4, 0.5) is 0 Å². The molecule has 0 unspecified atom stereocenters. The Morgan fingerprint density at radius 1 is 0.955 bits per heavy atom. The van der Waals surface area contributed by atoms with Crippen molar-refractivity contribution in [3.63, 3.8) is 0 Å². The van der Waals surface area contributed by atoms with E-state index < -0.39 is 11.9 Å². The van der Waals surface area contributed by atoms with E-state index in [0.717, 1.165) is 6.42 Å². The molecule has 0 amide bonds. The smallest absolute Gasteiger partial charge is 0.330 e. The average Bonchev–Trinajstić information content (AvgIpc) is 2.42. The molecule has 0 heterocycles. The standard InChI is InChI=1S/C8H18O2.2C4H6O2/c1-4-8(5-9,6-10)7(2)3;2*1-3(2)4(5)6/h7,9-10H,4-6H2,1-3H3;2*1H2,2H3,(H,5,6). The van der Waals surface area contributed by atoms with E-state index in [1.807, 2.05) is 20.8 Å². The number of carbonyl (C=O) groups is 2. The van der Waals surface area contributed by atoms with Crippen LogP contribution in [0.5, 0.6) is 0 Å². The van der Waals surface area contributed by atoms with Crippen molar-refractivity contribution in [2.75, 3.05) is 13.2 Å². The molecular weight excluding hydrogens is 288 g/mol. The summed E-state index contributed by atoms with van der Waals surface area (Å²) >= 11 is 0. The normalized spacial score (nSPS) is 9.82. The first-order valence-corrected chi connectivity index (χ1v) is 6.91. The second-order valence-corrected chi connectivity index (χ2v) is 5.36. The van der Waals surface area contributed by atoms with Crippen LogP contribution in [-0.4, -0.2) is 45.6 Å². The van der Waals surface area contributed by atoms with E-state index in [1.54, 1.807) is 0 Å². The minimum Gasteiger partial charge on any atom is -0.478 e. The van der Waals surface area contributed by atoms with E-state index in [9.17, 15) is 9.59 Å². The van der Waals surface area contributed by atoms with E-state index in [4.69, 9.17) is 20.4 Å². The molecule has 0 aliphatic heterocycles. The summed E-state index contributed by atoms with van der Waals surface area (Å²) in [4.78, 5) is 19.2. The van der Waals surface area contributed by atoms with Gasteiger partial charge in [0, 0.05) is 16.6 Å². The molecule has 4 N–H and O–H groups in total. The zero-order valence-electron chi connectivity index (χ0n) is 14.2. The second kappa shape index (κ2) is 13.0. The lowest BCUT2D eigenvalue weighted by Gasteiger charge is -2.32. The molecule has 0 rings (SSSR count). The predicted molar refractivity (Wildman–Crippen MR) is 86.6 cm³/mol. The molecule has 6 nitrogen and oxygen atoms in total. The Balaban J connectivity index is -0.000000261. The number of carboxylic acid groups (broad SMARTS) is 2. The number of aliphatic hydroxyl groups excluding tert-OH is 2. The number of carboxylic acids is 2. The predicted octanol–water partition coefficient (Wildman–Crippen LogP) is 2.32. The van der Waals surface area contributed by atoms with Gasteiger partial charge in [0.1, 0.15) is 0 Å². The molecule has 22 heavy (non-hydrogen) atoms. The lowest BCUT2D eigenvalue weighted by Crippen LogP contribution is -2.34. The molecule has 130 valence electrons. The molecule has 0 aromatic rings. The zero-order valence-corrected chi connectivity index (χ0v) is 14.2. The van der Waals surface area contributed by atoms with Crippen LogP contribution in [0.1, 0.15) is 41.0 Å². The number of aliphatic hydroxyl groups is 2. The Hall–Kier alpha value is -1.66. The molecule has 0 aliphatic carbocycles. The monoisotopic (exact) mass is 318 g/mol. The molecule has 0 saturated heterocycles. The van der Waals surface area contributed by atoms with Crippen molar-refractivity contribution >= 4 is 11.9 Å². The van der Waals surface area contributed by atoms with Gasteiger partial charge in [-0.3, -0.25) is 0 Å². The third-order valence-corrected chi connectivity index (χ3v) is 3.29. The van der Waals surface area contributed by atoms with Crippen LogP contribution < -0.4 is 0 Å². The first-order valence-electron chi connectivity index (χ1n) is 6.91. The van der Waals surface area contributed by atoms with Crippen LogP contribution >= 0.6 is 0 Å². The summed E-state index contributed by atoms with van der Waals surface area (Å²) in [7, 11) is 0. The van der Waals surface area contributed by atoms with Crippen molar-refractivity contribution < 1.29 is 30.0 Å². The van der Waals surface area contributed by atoms with Gasteiger partial charge in [-0.1, -0.05) is 33.9 Å². The lowest BCUT2D eigenvalue weighted by atomic mass is 9.76. The first-order chi connectivity index (χ1) is 9.91. The fraction of sp³-hybridized carbons (Fsp3) is 0.625. The van der Waals surface area contributed by atoms with Crippen molar-refractivity contribution in [3.8, 4) is 0 Å².